The molecule has 0 radical (unpaired) electrons. The van der Waals surface area contributed by atoms with Crippen molar-refractivity contribution in [3.8, 4) is 0 Å². The average Bonchev–Trinajstić information content (AvgIpc) is 2.83. The van der Waals surface area contributed by atoms with E-state index in [-0.39, 0.29) is 13.2 Å². The molecule has 0 aliphatic carbocycles. The number of carbonyl (C=O) groups excluding carboxylic acids is 2. The van der Waals surface area contributed by atoms with E-state index in [0.717, 1.165) is 11.8 Å². The third kappa shape index (κ3) is 5.03. The number of nitrogens with zero attached hydrogens (tertiary/aromatic N) is 1. The summed E-state index contributed by atoms with van der Waals surface area (Å²) in [5.41, 5.74) is -0.553. The van der Waals surface area contributed by atoms with Gasteiger partial charge in [0.05, 0.1) is 19.3 Å². The zero-order valence-corrected chi connectivity index (χ0v) is 15.5. The third-order valence-electron chi connectivity index (χ3n) is 3.91. The molecule has 6 heteroatoms. The summed E-state index contributed by atoms with van der Waals surface area (Å²) in [7, 11) is 0. The number of rotatable bonds is 5. The molecule has 1 aromatic carbocycles. The highest BCUT2D eigenvalue weighted by Crippen LogP contribution is 2.31. The Bertz CT molecular complexity index is 594. The van der Waals surface area contributed by atoms with E-state index in [1.165, 1.54) is 4.90 Å². The van der Waals surface area contributed by atoms with Crippen molar-refractivity contribution in [1.82, 2.24) is 4.90 Å². The monoisotopic (exact) mass is 349 g/mol. The fraction of sp³-hybridized carbons (Fsp3) is 0.579. The van der Waals surface area contributed by atoms with Crippen molar-refractivity contribution in [2.45, 2.75) is 64.7 Å². The first kappa shape index (κ1) is 19.4. The van der Waals surface area contributed by atoms with Crippen LogP contribution in [0.1, 0.15) is 40.2 Å². The molecular weight excluding hydrogens is 322 g/mol. The summed E-state index contributed by atoms with van der Waals surface area (Å²) in [6, 6.07) is 9.03. The van der Waals surface area contributed by atoms with Gasteiger partial charge in [0.1, 0.15) is 17.4 Å². The highest BCUT2D eigenvalue weighted by molar-refractivity contribution is 5.71. The van der Waals surface area contributed by atoms with Gasteiger partial charge in [0.25, 0.3) is 0 Å². The average molecular weight is 349 g/mol. The Morgan fingerprint density at radius 2 is 2.00 bits per heavy atom. The van der Waals surface area contributed by atoms with Gasteiger partial charge >= 0.3 is 6.09 Å². The molecule has 6 nitrogen and oxygen atoms in total. The molecule has 1 heterocycles. The van der Waals surface area contributed by atoms with Crippen LogP contribution in [-0.4, -0.2) is 47.4 Å². The number of aldehydes is 1. The minimum absolute atomic E-state index is 0.213. The molecule has 1 saturated heterocycles. The summed E-state index contributed by atoms with van der Waals surface area (Å²) < 4.78 is 17.0. The zero-order valence-electron chi connectivity index (χ0n) is 15.5. The summed E-state index contributed by atoms with van der Waals surface area (Å²) in [6.45, 7) is 9.44. The molecule has 2 rings (SSSR count). The molecule has 25 heavy (non-hydrogen) atoms. The summed E-state index contributed by atoms with van der Waals surface area (Å²) in [6.07, 6.45) is -0.597. The van der Waals surface area contributed by atoms with E-state index < -0.39 is 29.6 Å². The van der Waals surface area contributed by atoms with E-state index in [0.29, 0.717) is 0 Å². The molecule has 1 fully saturated rings. The Kier molecular flexibility index (Phi) is 5.85. The molecule has 1 aliphatic heterocycles. The predicted octanol–water partition coefficient (Wildman–Crippen LogP) is 3.14. The first-order valence-corrected chi connectivity index (χ1v) is 8.41. The first-order valence-electron chi connectivity index (χ1n) is 8.41. The molecule has 0 spiro atoms. The molecule has 0 bridgehead atoms. The van der Waals surface area contributed by atoms with Gasteiger partial charge in [0.2, 0.25) is 0 Å². The first-order chi connectivity index (χ1) is 11.6. The van der Waals surface area contributed by atoms with Gasteiger partial charge < -0.3 is 19.0 Å². The van der Waals surface area contributed by atoms with Crippen LogP contribution in [0.15, 0.2) is 30.3 Å². The second-order valence-corrected chi connectivity index (χ2v) is 7.57. The Balaban J connectivity index is 2.12. The highest BCUT2D eigenvalue weighted by Gasteiger charge is 2.49. The van der Waals surface area contributed by atoms with Crippen molar-refractivity contribution in [2.75, 3.05) is 6.61 Å². The van der Waals surface area contributed by atoms with E-state index in [2.05, 4.69) is 0 Å². The van der Waals surface area contributed by atoms with E-state index in [4.69, 9.17) is 14.2 Å². The fourth-order valence-corrected chi connectivity index (χ4v) is 2.75. The molecule has 0 N–H and O–H groups in total. The minimum atomic E-state index is -0.871. The maximum absolute atomic E-state index is 12.6. The van der Waals surface area contributed by atoms with Gasteiger partial charge in [-0.15, -0.1) is 0 Å². The predicted molar refractivity (Wildman–Crippen MR) is 93.0 cm³/mol. The van der Waals surface area contributed by atoms with Gasteiger partial charge in [0, 0.05) is 0 Å². The van der Waals surface area contributed by atoms with Crippen molar-refractivity contribution >= 4 is 12.4 Å². The van der Waals surface area contributed by atoms with Crippen LogP contribution >= 0.6 is 0 Å². The molecule has 0 aromatic heterocycles. The maximum Gasteiger partial charge on any atom is 0.413 e. The summed E-state index contributed by atoms with van der Waals surface area (Å²) in [4.78, 5) is 25.7. The number of benzene rings is 1. The van der Waals surface area contributed by atoms with Gasteiger partial charge in [-0.25, -0.2) is 4.79 Å². The van der Waals surface area contributed by atoms with Crippen molar-refractivity contribution < 1.29 is 23.8 Å². The summed E-state index contributed by atoms with van der Waals surface area (Å²) in [5.74, 6) is 0. The van der Waals surface area contributed by atoms with Crippen molar-refractivity contribution in [3.05, 3.63) is 35.9 Å². The van der Waals surface area contributed by atoms with Crippen molar-refractivity contribution in [2.24, 2.45) is 0 Å². The van der Waals surface area contributed by atoms with Crippen molar-refractivity contribution in [3.63, 3.8) is 0 Å². The normalized spacial score (nSPS) is 21.0. The molecular formula is C19H27NO5. The fourth-order valence-electron chi connectivity index (χ4n) is 2.75. The summed E-state index contributed by atoms with van der Waals surface area (Å²) >= 11 is 0. The van der Waals surface area contributed by atoms with E-state index >= 15 is 0 Å². The van der Waals surface area contributed by atoms with E-state index in [1.54, 1.807) is 34.6 Å². The second-order valence-electron chi connectivity index (χ2n) is 7.57. The molecule has 2 atom stereocenters. The van der Waals surface area contributed by atoms with Gasteiger partial charge in [0.15, 0.2) is 6.29 Å². The number of hydrogen-bond acceptors (Lipinski definition) is 5. The van der Waals surface area contributed by atoms with Crippen LogP contribution in [0, 0.1) is 0 Å². The zero-order chi connectivity index (χ0) is 18.7. The lowest BCUT2D eigenvalue weighted by Crippen LogP contribution is -2.54. The molecule has 1 aromatic rings. The lowest BCUT2D eigenvalue weighted by Gasteiger charge is -2.36. The topological polar surface area (TPSA) is 65.1 Å². The largest absolute Gasteiger partial charge is 0.444 e. The molecule has 0 saturated carbocycles. The van der Waals surface area contributed by atoms with Gasteiger partial charge in [-0.3, -0.25) is 4.90 Å². The lowest BCUT2D eigenvalue weighted by atomic mass is 10.1. The van der Waals surface area contributed by atoms with Crippen LogP contribution in [-0.2, 0) is 25.6 Å². The molecule has 138 valence electrons. The Morgan fingerprint density at radius 3 is 2.56 bits per heavy atom. The highest BCUT2D eigenvalue weighted by atomic mass is 16.6. The number of carbonyl (C=O) groups is 2. The van der Waals surface area contributed by atoms with E-state index in [9.17, 15) is 9.59 Å². The number of hydrogen-bond donors (Lipinski definition) is 0. The smallest absolute Gasteiger partial charge is 0.413 e. The number of amides is 1. The van der Waals surface area contributed by atoms with E-state index in [1.807, 2.05) is 30.3 Å². The Labute approximate surface area is 149 Å². The third-order valence-corrected chi connectivity index (χ3v) is 3.91. The standard InChI is InChI=1S/C19H27NO5/c1-18(2,3)25-17(22)20-15(13-24-19(20,4)5)16(11-21)23-12-14-9-7-6-8-10-14/h6-11,15-16H,12-13H2,1-5H3/t15-,16-/m0/s1. The Hall–Kier alpha value is -1.92. The van der Waals surface area contributed by atoms with Crippen LogP contribution in [0.2, 0.25) is 0 Å². The lowest BCUT2D eigenvalue weighted by molar-refractivity contribution is -0.123. The Morgan fingerprint density at radius 1 is 1.36 bits per heavy atom. The molecule has 1 aliphatic rings. The quantitative estimate of drug-likeness (QED) is 0.764. The van der Waals surface area contributed by atoms with Crippen LogP contribution in [0.5, 0.6) is 0 Å². The SMILES string of the molecule is CC(C)(C)OC(=O)N1[C@H]([C@H](C=O)OCc2ccccc2)COC1(C)C. The van der Waals surface area contributed by atoms with Gasteiger partial charge in [-0.2, -0.15) is 0 Å². The number of ether oxygens (including phenoxy) is 3. The van der Waals surface area contributed by atoms with Crippen molar-refractivity contribution in [1.29, 1.82) is 0 Å². The second kappa shape index (κ2) is 7.54. The summed E-state index contributed by atoms with van der Waals surface area (Å²) in [5, 5.41) is 0. The molecule has 1 amide bonds. The molecule has 0 unspecified atom stereocenters. The minimum Gasteiger partial charge on any atom is -0.444 e. The van der Waals surface area contributed by atoms with Gasteiger partial charge in [-0.1, -0.05) is 30.3 Å². The van der Waals surface area contributed by atoms with Gasteiger partial charge in [-0.05, 0) is 40.2 Å². The van der Waals surface area contributed by atoms with Crippen LogP contribution in [0.3, 0.4) is 0 Å². The van der Waals surface area contributed by atoms with Crippen LogP contribution in [0.4, 0.5) is 4.79 Å². The van der Waals surface area contributed by atoms with Crippen LogP contribution < -0.4 is 0 Å². The van der Waals surface area contributed by atoms with Crippen LogP contribution in [0.25, 0.3) is 0 Å². The maximum atomic E-state index is 12.6.